The molecule has 0 bridgehead atoms. The van der Waals surface area contributed by atoms with Gasteiger partial charge in [-0.15, -0.1) is 0 Å². The number of halogens is 1. The Labute approximate surface area is 202 Å². The van der Waals surface area contributed by atoms with Crippen molar-refractivity contribution in [1.82, 2.24) is 0 Å². The Morgan fingerprint density at radius 1 is 1.00 bits per heavy atom. The molecule has 35 heavy (non-hydrogen) atoms. The van der Waals surface area contributed by atoms with Crippen LogP contribution in [0.2, 0.25) is 0 Å². The van der Waals surface area contributed by atoms with E-state index in [-0.39, 0.29) is 30.3 Å². The molecule has 0 spiro atoms. The number of hydrogen-bond donors (Lipinski definition) is 2. The highest BCUT2D eigenvalue weighted by Crippen LogP contribution is 2.28. The largest absolute Gasteiger partial charge is 0.494 e. The van der Waals surface area contributed by atoms with Crippen molar-refractivity contribution in [1.29, 1.82) is 0 Å². The Bertz CT molecular complexity index is 1210. The zero-order chi connectivity index (χ0) is 24.8. The fourth-order valence-corrected chi connectivity index (χ4v) is 3.83. The smallest absolute Gasteiger partial charge is 0.257 e. The summed E-state index contributed by atoms with van der Waals surface area (Å²) in [7, 11) is 0. The van der Waals surface area contributed by atoms with E-state index in [0.29, 0.717) is 23.7 Å². The first-order valence-electron chi connectivity index (χ1n) is 11.4. The number of nitrogens with zero attached hydrogens (tertiary/aromatic N) is 1. The maximum atomic E-state index is 13.1. The number of para-hydroxylation sites is 1. The predicted octanol–water partition coefficient (Wildman–Crippen LogP) is 4.86. The van der Waals surface area contributed by atoms with Crippen molar-refractivity contribution in [2.24, 2.45) is 5.92 Å². The molecule has 1 saturated heterocycles. The molecule has 1 aliphatic heterocycles. The molecule has 1 aliphatic rings. The minimum Gasteiger partial charge on any atom is -0.494 e. The van der Waals surface area contributed by atoms with Crippen molar-refractivity contribution in [2.45, 2.75) is 19.8 Å². The lowest BCUT2D eigenvalue weighted by atomic mass is 10.1. The average Bonchev–Trinajstić information content (AvgIpc) is 3.26. The summed E-state index contributed by atoms with van der Waals surface area (Å²) >= 11 is 0. The molecule has 0 radical (unpaired) electrons. The third-order valence-electron chi connectivity index (χ3n) is 5.65. The van der Waals surface area contributed by atoms with Gasteiger partial charge in [0.15, 0.2) is 0 Å². The molecule has 180 valence electrons. The van der Waals surface area contributed by atoms with Crippen molar-refractivity contribution < 1.29 is 23.5 Å². The number of hydrogen-bond acceptors (Lipinski definition) is 4. The number of nitrogens with one attached hydrogen (secondary N) is 2. The number of anilines is 3. The molecule has 3 aromatic rings. The quantitative estimate of drug-likeness (QED) is 0.487. The van der Waals surface area contributed by atoms with Crippen molar-refractivity contribution in [3.63, 3.8) is 0 Å². The second kappa shape index (κ2) is 10.8. The van der Waals surface area contributed by atoms with E-state index in [0.717, 1.165) is 12.2 Å². The monoisotopic (exact) mass is 475 g/mol. The molecule has 0 aromatic heterocycles. The van der Waals surface area contributed by atoms with Crippen LogP contribution in [0.1, 0.15) is 30.1 Å². The summed E-state index contributed by atoms with van der Waals surface area (Å²) in [4.78, 5) is 40.0. The summed E-state index contributed by atoms with van der Waals surface area (Å²) in [5.41, 5.74) is 1.73. The van der Waals surface area contributed by atoms with Crippen LogP contribution in [0.15, 0.2) is 72.8 Å². The molecule has 1 fully saturated rings. The Morgan fingerprint density at radius 2 is 1.71 bits per heavy atom. The van der Waals surface area contributed by atoms with Gasteiger partial charge in [0, 0.05) is 24.3 Å². The zero-order valence-corrected chi connectivity index (χ0v) is 19.3. The first-order chi connectivity index (χ1) is 16.9. The number of carbonyl (C=O) groups excluding carboxylic acids is 3. The van der Waals surface area contributed by atoms with E-state index in [2.05, 4.69) is 10.6 Å². The summed E-state index contributed by atoms with van der Waals surface area (Å²) in [5, 5.41) is 5.49. The van der Waals surface area contributed by atoms with E-state index < -0.39 is 17.6 Å². The van der Waals surface area contributed by atoms with Crippen LogP contribution in [-0.4, -0.2) is 30.9 Å². The number of carbonyl (C=O) groups is 3. The third-order valence-corrected chi connectivity index (χ3v) is 5.65. The molecule has 4 rings (SSSR count). The first kappa shape index (κ1) is 23.9. The lowest BCUT2D eigenvalue weighted by Gasteiger charge is -2.18. The molecule has 1 unspecified atom stereocenters. The topological polar surface area (TPSA) is 87.7 Å². The van der Waals surface area contributed by atoms with Gasteiger partial charge in [-0.1, -0.05) is 19.1 Å². The lowest BCUT2D eigenvalue weighted by Crippen LogP contribution is -2.28. The number of amides is 3. The Kier molecular flexibility index (Phi) is 7.40. The summed E-state index contributed by atoms with van der Waals surface area (Å²) < 4.78 is 18.7. The van der Waals surface area contributed by atoms with Crippen LogP contribution in [0.25, 0.3) is 0 Å². The number of rotatable bonds is 8. The fraction of sp³-hybridized carbons (Fsp3) is 0.222. The molecule has 8 heteroatoms. The summed E-state index contributed by atoms with van der Waals surface area (Å²) in [5.74, 6) is -1.17. The van der Waals surface area contributed by atoms with Gasteiger partial charge in [0.05, 0.1) is 23.8 Å². The highest BCUT2D eigenvalue weighted by Gasteiger charge is 2.35. The van der Waals surface area contributed by atoms with Crippen LogP contribution in [0.5, 0.6) is 5.75 Å². The van der Waals surface area contributed by atoms with Crippen LogP contribution in [0.4, 0.5) is 21.5 Å². The van der Waals surface area contributed by atoms with E-state index in [4.69, 9.17) is 4.74 Å². The molecule has 1 atom stereocenters. The van der Waals surface area contributed by atoms with Gasteiger partial charge in [-0.05, 0) is 67.1 Å². The second-order valence-electron chi connectivity index (χ2n) is 8.24. The van der Waals surface area contributed by atoms with Gasteiger partial charge < -0.3 is 20.3 Å². The fourth-order valence-electron chi connectivity index (χ4n) is 3.83. The van der Waals surface area contributed by atoms with Gasteiger partial charge in [-0.2, -0.15) is 0 Å². The van der Waals surface area contributed by atoms with Crippen LogP contribution < -0.4 is 20.3 Å². The van der Waals surface area contributed by atoms with Crippen molar-refractivity contribution >= 4 is 34.8 Å². The molecular formula is C27H26FN3O4. The van der Waals surface area contributed by atoms with E-state index in [1.807, 2.05) is 19.1 Å². The van der Waals surface area contributed by atoms with Gasteiger partial charge in [0.1, 0.15) is 11.6 Å². The van der Waals surface area contributed by atoms with Crippen molar-refractivity contribution in [3.8, 4) is 5.75 Å². The summed E-state index contributed by atoms with van der Waals surface area (Å²) in [6.07, 6.45) is 0.976. The van der Waals surface area contributed by atoms with Gasteiger partial charge in [0.25, 0.3) is 5.91 Å². The summed E-state index contributed by atoms with van der Waals surface area (Å²) in [6, 6.07) is 19.2. The standard InChI is InChI=1S/C27H26FN3O4/c1-2-15-35-22-13-11-21(12-14-22)31-17-18(16-25(31)32)26(33)30-24-6-4-3-5-23(24)27(34)29-20-9-7-19(28)8-10-20/h3-14,18H,2,15-17H2,1H3,(H,29,34)(H,30,33). The number of benzene rings is 3. The predicted molar refractivity (Wildman–Crippen MR) is 132 cm³/mol. The van der Waals surface area contributed by atoms with Gasteiger partial charge in [-0.25, -0.2) is 4.39 Å². The maximum Gasteiger partial charge on any atom is 0.257 e. The van der Waals surface area contributed by atoms with Gasteiger partial charge >= 0.3 is 0 Å². The summed E-state index contributed by atoms with van der Waals surface area (Å²) in [6.45, 7) is 2.89. The van der Waals surface area contributed by atoms with Crippen molar-refractivity contribution in [2.75, 3.05) is 28.7 Å². The number of ether oxygens (including phenoxy) is 1. The highest BCUT2D eigenvalue weighted by molar-refractivity contribution is 6.11. The molecular weight excluding hydrogens is 449 g/mol. The first-order valence-corrected chi connectivity index (χ1v) is 11.4. The molecule has 2 N–H and O–H groups in total. The molecule has 0 saturated carbocycles. The molecule has 3 aromatic carbocycles. The minimum atomic E-state index is -0.563. The lowest BCUT2D eigenvalue weighted by molar-refractivity contribution is -0.122. The Hall–Kier alpha value is -4.20. The van der Waals surface area contributed by atoms with E-state index in [1.54, 1.807) is 41.3 Å². The zero-order valence-electron chi connectivity index (χ0n) is 19.3. The molecule has 0 aliphatic carbocycles. The SMILES string of the molecule is CCCOc1ccc(N2CC(C(=O)Nc3ccccc3C(=O)Nc3ccc(F)cc3)CC2=O)cc1. The van der Waals surface area contributed by atoms with Crippen molar-refractivity contribution in [3.05, 3.63) is 84.2 Å². The van der Waals surface area contributed by atoms with Crippen LogP contribution >= 0.6 is 0 Å². The van der Waals surface area contributed by atoms with E-state index in [1.165, 1.54) is 24.3 Å². The molecule has 3 amide bonds. The normalized spacial score (nSPS) is 15.1. The molecule has 1 heterocycles. The second-order valence-corrected chi connectivity index (χ2v) is 8.24. The minimum absolute atomic E-state index is 0.0733. The molecule has 7 nitrogen and oxygen atoms in total. The average molecular weight is 476 g/mol. The van der Waals surface area contributed by atoms with Crippen LogP contribution in [0, 0.1) is 11.7 Å². The van der Waals surface area contributed by atoms with Gasteiger partial charge in [-0.3, -0.25) is 14.4 Å². The Balaban J connectivity index is 1.41. The third kappa shape index (κ3) is 5.84. The maximum absolute atomic E-state index is 13.1. The highest BCUT2D eigenvalue weighted by atomic mass is 19.1. The van der Waals surface area contributed by atoms with Gasteiger partial charge in [0.2, 0.25) is 11.8 Å². The van der Waals surface area contributed by atoms with E-state index >= 15 is 0 Å². The van der Waals surface area contributed by atoms with E-state index in [9.17, 15) is 18.8 Å². The van der Waals surface area contributed by atoms with Crippen LogP contribution in [0.3, 0.4) is 0 Å². The van der Waals surface area contributed by atoms with Crippen LogP contribution in [-0.2, 0) is 9.59 Å². The Morgan fingerprint density at radius 3 is 2.43 bits per heavy atom.